The van der Waals surface area contributed by atoms with Gasteiger partial charge in [0, 0.05) is 24.7 Å². The SMILES string of the molecule is CC(C(=O)Nc1cc(C2(C(N)=O)C=CC(c3cc(F)cc(F)c3)=NC2)ccc1OC(F)(F)F)N1CC2CCC(C1)O2. The maximum Gasteiger partial charge on any atom is 0.573 e. The summed E-state index contributed by atoms with van der Waals surface area (Å²) in [6.45, 7) is 2.38. The third-order valence-corrected chi connectivity index (χ3v) is 7.60. The second-order valence-corrected chi connectivity index (χ2v) is 10.4. The molecule has 4 atom stereocenters. The van der Waals surface area contributed by atoms with Gasteiger partial charge in [0.1, 0.15) is 17.0 Å². The molecule has 5 rings (SSSR count). The number of dihydropyridines is 1. The lowest BCUT2D eigenvalue weighted by Gasteiger charge is -2.35. The molecule has 2 aromatic carbocycles. The zero-order valence-corrected chi connectivity index (χ0v) is 21.9. The topological polar surface area (TPSA) is 106 Å². The van der Waals surface area contributed by atoms with Crippen molar-refractivity contribution in [2.24, 2.45) is 10.7 Å². The van der Waals surface area contributed by atoms with Crippen LogP contribution >= 0.6 is 0 Å². The highest BCUT2D eigenvalue weighted by Gasteiger charge is 2.41. The highest BCUT2D eigenvalue weighted by Crippen LogP contribution is 2.37. The molecule has 3 aliphatic rings. The number of anilines is 1. The summed E-state index contributed by atoms with van der Waals surface area (Å²) in [4.78, 5) is 32.1. The van der Waals surface area contributed by atoms with Crippen LogP contribution in [0.2, 0.25) is 0 Å². The predicted molar refractivity (Wildman–Crippen MR) is 138 cm³/mol. The lowest BCUT2D eigenvalue weighted by molar-refractivity contribution is -0.274. The van der Waals surface area contributed by atoms with Gasteiger partial charge in [-0.3, -0.25) is 19.5 Å². The molecule has 13 heteroatoms. The molecule has 218 valence electrons. The van der Waals surface area contributed by atoms with Crippen molar-refractivity contribution in [1.29, 1.82) is 0 Å². The van der Waals surface area contributed by atoms with Gasteiger partial charge in [-0.15, -0.1) is 13.2 Å². The summed E-state index contributed by atoms with van der Waals surface area (Å²) in [7, 11) is 0. The number of nitrogens with two attached hydrogens (primary N) is 1. The molecule has 8 nitrogen and oxygen atoms in total. The number of morpholine rings is 1. The predicted octanol–water partition coefficient (Wildman–Crippen LogP) is 3.84. The molecule has 2 fully saturated rings. The van der Waals surface area contributed by atoms with Crippen molar-refractivity contribution in [1.82, 2.24) is 4.90 Å². The van der Waals surface area contributed by atoms with E-state index in [1.165, 1.54) is 24.3 Å². The molecule has 3 aliphatic heterocycles. The van der Waals surface area contributed by atoms with Gasteiger partial charge in [-0.2, -0.15) is 0 Å². The van der Waals surface area contributed by atoms with Gasteiger partial charge in [-0.25, -0.2) is 8.78 Å². The fourth-order valence-electron chi connectivity index (χ4n) is 5.40. The zero-order valence-electron chi connectivity index (χ0n) is 21.9. The van der Waals surface area contributed by atoms with Crippen LogP contribution in [0.4, 0.5) is 27.6 Å². The first-order chi connectivity index (χ1) is 19.3. The molecular weight excluding hydrogens is 551 g/mol. The van der Waals surface area contributed by atoms with Crippen LogP contribution in [0.5, 0.6) is 5.75 Å². The van der Waals surface area contributed by atoms with Crippen LogP contribution in [0.1, 0.15) is 30.9 Å². The van der Waals surface area contributed by atoms with E-state index >= 15 is 0 Å². The Morgan fingerprint density at radius 2 is 1.78 bits per heavy atom. The molecule has 0 spiro atoms. The number of amides is 2. The number of ether oxygens (including phenoxy) is 2. The fourth-order valence-corrected chi connectivity index (χ4v) is 5.40. The Labute approximate surface area is 232 Å². The van der Waals surface area contributed by atoms with Crippen LogP contribution in [-0.2, 0) is 19.7 Å². The second-order valence-electron chi connectivity index (χ2n) is 10.4. The van der Waals surface area contributed by atoms with Gasteiger partial charge in [-0.05, 0) is 55.7 Å². The smallest absolute Gasteiger partial charge is 0.404 e. The Kier molecular flexibility index (Phi) is 7.60. The Morgan fingerprint density at radius 3 is 2.34 bits per heavy atom. The number of nitrogens with one attached hydrogen (secondary N) is 1. The summed E-state index contributed by atoms with van der Waals surface area (Å²) in [5, 5.41) is 2.52. The number of likely N-dealkylation sites (tertiary alicyclic amines) is 1. The van der Waals surface area contributed by atoms with Gasteiger partial charge >= 0.3 is 6.36 Å². The largest absolute Gasteiger partial charge is 0.573 e. The first-order valence-corrected chi connectivity index (χ1v) is 12.9. The Hall–Kier alpha value is -3.84. The number of benzene rings is 2. The van der Waals surface area contributed by atoms with Crippen LogP contribution in [0, 0.1) is 11.6 Å². The van der Waals surface area contributed by atoms with Gasteiger partial charge in [0.25, 0.3) is 0 Å². The highest BCUT2D eigenvalue weighted by atomic mass is 19.4. The van der Waals surface area contributed by atoms with Crippen molar-refractivity contribution in [2.75, 3.05) is 25.0 Å². The summed E-state index contributed by atoms with van der Waals surface area (Å²) >= 11 is 0. The summed E-state index contributed by atoms with van der Waals surface area (Å²) in [5.74, 6) is -3.76. The first-order valence-electron chi connectivity index (χ1n) is 12.9. The van der Waals surface area contributed by atoms with Crippen molar-refractivity contribution in [3.8, 4) is 5.75 Å². The number of carbonyl (C=O) groups is 2. The van der Waals surface area contributed by atoms with Crippen LogP contribution in [0.15, 0.2) is 53.5 Å². The molecule has 41 heavy (non-hydrogen) atoms. The lowest BCUT2D eigenvalue weighted by Crippen LogP contribution is -2.51. The normalized spacial score (nSPS) is 25.0. The molecule has 3 heterocycles. The average molecular weight is 579 g/mol. The quantitative estimate of drug-likeness (QED) is 0.486. The number of hydrogen-bond donors (Lipinski definition) is 2. The van der Waals surface area contributed by atoms with E-state index in [9.17, 15) is 31.5 Å². The molecule has 0 radical (unpaired) electrons. The van der Waals surface area contributed by atoms with Crippen LogP contribution in [-0.4, -0.2) is 66.7 Å². The summed E-state index contributed by atoms with van der Waals surface area (Å²) < 4.78 is 77.0. The summed E-state index contributed by atoms with van der Waals surface area (Å²) in [5.41, 5.74) is 4.24. The van der Waals surface area contributed by atoms with E-state index in [1.54, 1.807) is 6.92 Å². The molecule has 3 N–H and O–H groups in total. The highest BCUT2D eigenvalue weighted by molar-refractivity contribution is 6.10. The van der Waals surface area contributed by atoms with Crippen molar-refractivity contribution >= 4 is 23.2 Å². The van der Waals surface area contributed by atoms with Gasteiger partial charge < -0.3 is 20.5 Å². The number of alkyl halides is 3. The first kappa shape index (κ1) is 28.7. The molecule has 2 bridgehead atoms. The maximum atomic E-state index is 13.7. The number of allylic oxidation sites excluding steroid dienone is 1. The molecule has 0 aromatic heterocycles. The van der Waals surface area contributed by atoms with Crippen molar-refractivity contribution in [3.63, 3.8) is 0 Å². The standard InChI is InChI=1S/C28H27F5N4O4/c1-15(37-12-20-3-4-21(13-37)40-20)25(38)36-23-10-17(2-5-24(23)41-28(31,32)33)27(26(34)39)7-6-22(35-14-27)16-8-18(29)11-19(30)9-16/h2,5-11,15,20-21H,3-4,12-14H2,1H3,(H2,34,39)(H,36,38). The van der Waals surface area contributed by atoms with Crippen molar-refractivity contribution < 1.29 is 41.0 Å². The van der Waals surface area contributed by atoms with Gasteiger partial charge in [0.05, 0.1) is 36.2 Å². The molecule has 2 aromatic rings. The number of halogens is 5. The van der Waals surface area contributed by atoms with Gasteiger partial charge in [0.15, 0.2) is 5.75 Å². The molecule has 2 amide bonds. The number of primary amides is 1. The fraction of sp³-hybridized carbons (Fsp3) is 0.393. The molecule has 0 saturated carbocycles. The van der Waals surface area contributed by atoms with E-state index in [0.717, 1.165) is 31.0 Å². The Balaban J connectivity index is 1.44. The number of carbonyl (C=O) groups excluding carboxylic acids is 2. The van der Waals surface area contributed by atoms with E-state index in [-0.39, 0.29) is 41.3 Å². The maximum absolute atomic E-state index is 13.7. The van der Waals surface area contributed by atoms with Crippen LogP contribution in [0.3, 0.4) is 0 Å². The van der Waals surface area contributed by atoms with Crippen LogP contribution in [0.25, 0.3) is 0 Å². The number of nitrogens with zero attached hydrogens (tertiary/aromatic N) is 2. The lowest BCUT2D eigenvalue weighted by atomic mass is 9.77. The Bertz CT molecular complexity index is 1400. The minimum absolute atomic E-state index is 0.000664. The van der Waals surface area contributed by atoms with Gasteiger partial charge in [0.2, 0.25) is 11.8 Å². The van der Waals surface area contributed by atoms with Crippen LogP contribution < -0.4 is 15.8 Å². The minimum Gasteiger partial charge on any atom is -0.404 e. The van der Waals surface area contributed by atoms with E-state index in [0.29, 0.717) is 19.2 Å². The third kappa shape index (κ3) is 6.10. The number of hydrogen-bond acceptors (Lipinski definition) is 6. The molecular formula is C28H27F5N4O4. The van der Waals surface area contributed by atoms with Crippen molar-refractivity contribution in [3.05, 3.63) is 71.3 Å². The van der Waals surface area contributed by atoms with Gasteiger partial charge in [-0.1, -0.05) is 12.1 Å². The summed E-state index contributed by atoms with van der Waals surface area (Å²) in [6, 6.07) is 5.54. The summed E-state index contributed by atoms with van der Waals surface area (Å²) in [6.07, 6.45) is -0.571. The molecule has 4 unspecified atom stereocenters. The van der Waals surface area contributed by atoms with E-state index in [2.05, 4.69) is 15.0 Å². The number of rotatable bonds is 7. The van der Waals surface area contributed by atoms with E-state index in [1.807, 2.05) is 4.90 Å². The average Bonchev–Trinajstić information content (AvgIpc) is 3.24. The second kappa shape index (κ2) is 10.9. The molecule has 0 aliphatic carbocycles. The monoisotopic (exact) mass is 578 g/mol. The number of aliphatic imine (C=N–C) groups is 1. The number of fused-ring (bicyclic) bond motifs is 2. The zero-order chi connectivity index (χ0) is 29.5. The van der Waals surface area contributed by atoms with Crippen molar-refractivity contribution in [2.45, 2.75) is 49.8 Å². The minimum atomic E-state index is -5.05. The molecule has 2 saturated heterocycles. The third-order valence-electron chi connectivity index (χ3n) is 7.60. The van der Waals surface area contributed by atoms with E-state index in [4.69, 9.17) is 10.5 Å². The van der Waals surface area contributed by atoms with E-state index < -0.39 is 47.0 Å². The Morgan fingerprint density at radius 1 is 1.12 bits per heavy atom.